The van der Waals surface area contributed by atoms with Gasteiger partial charge in [-0.05, 0) is 0 Å². The van der Waals surface area contributed by atoms with Crippen molar-refractivity contribution in [3.8, 4) is 0 Å². The summed E-state index contributed by atoms with van der Waals surface area (Å²) in [5, 5.41) is 0. The van der Waals surface area contributed by atoms with E-state index in [4.69, 9.17) is 35.0 Å². The van der Waals surface area contributed by atoms with Gasteiger partial charge in [-0.3, -0.25) is 17.5 Å². The van der Waals surface area contributed by atoms with Gasteiger partial charge in [-0.15, -0.1) is 0 Å². The predicted molar refractivity (Wildman–Crippen MR) is 35.0 cm³/mol. The van der Waals surface area contributed by atoms with Crippen molar-refractivity contribution in [3.05, 3.63) is 0 Å². The van der Waals surface area contributed by atoms with E-state index < -0.39 is 20.8 Å². The standard InChI is InChI=1S/Mn.2H2O4S.H2S/c;2*1-5(2,3)4;/h;2*(H2,1,2,3,4);1H2/q+2;;;/p-2. The summed E-state index contributed by atoms with van der Waals surface area (Å²) in [5.74, 6) is 0. The first-order valence-corrected chi connectivity index (χ1v) is 4.10. The van der Waals surface area contributed by atoms with Crippen molar-refractivity contribution in [2.75, 3.05) is 0 Å². The molecule has 0 saturated carbocycles. The Bertz CT molecular complexity index is 211. The maximum atomic E-state index is 8.74. The summed E-state index contributed by atoms with van der Waals surface area (Å²) in [6, 6.07) is 0. The van der Waals surface area contributed by atoms with Crippen LogP contribution in [0.1, 0.15) is 0 Å². The quantitative estimate of drug-likeness (QED) is 0.297. The van der Waals surface area contributed by atoms with Gasteiger partial charge >= 0.3 is 27.5 Å². The fraction of sp³-hybridized carbons (Fsp3) is 0. The van der Waals surface area contributed by atoms with Gasteiger partial charge in [-0.1, -0.05) is 0 Å². The third kappa shape index (κ3) is 2640. The van der Waals surface area contributed by atoms with Crippen LogP contribution in [0, 0.1) is 0 Å². The van der Waals surface area contributed by atoms with Gasteiger partial charge in [0, 0.05) is 10.4 Å². The van der Waals surface area contributed by atoms with Crippen LogP contribution in [0.4, 0.5) is 0 Å². The fourth-order valence-electron chi connectivity index (χ4n) is 0. The van der Waals surface area contributed by atoms with E-state index in [-0.39, 0.29) is 30.6 Å². The van der Waals surface area contributed by atoms with E-state index in [1.165, 1.54) is 0 Å². The van der Waals surface area contributed by atoms with E-state index in [1.54, 1.807) is 0 Å². The fourth-order valence-corrected chi connectivity index (χ4v) is 0. The molecule has 0 unspecified atom stereocenters. The summed E-state index contributed by atoms with van der Waals surface area (Å²) in [4.78, 5) is 0. The zero-order valence-electron chi connectivity index (χ0n) is 5.04. The molecule has 0 rings (SSSR count). The average Bonchev–Trinajstić information content (AvgIpc) is 1.12. The van der Waals surface area contributed by atoms with E-state index in [0.717, 1.165) is 0 Å². The van der Waals surface area contributed by atoms with E-state index in [9.17, 15) is 0 Å². The third-order valence-electron chi connectivity index (χ3n) is 0. The van der Waals surface area contributed by atoms with Crippen LogP contribution >= 0.6 is 13.5 Å². The van der Waals surface area contributed by atoms with Gasteiger partial charge in [-0.25, -0.2) is 0 Å². The predicted octanol–water partition coefficient (Wildman–Crippen LogP) is -1.88. The molecule has 0 aliphatic heterocycles. The molecule has 0 atom stereocenters. The van der Waals surface area contributed by atoms with Crippen LogP contribution in [0.3, 0.4) is 0 Å². The molecule has 2 N–H and O–H groups in total. The second kappa shape index (κ2) is 8.22. The number of hydrogen-bond acceptors (Lipinski definition) is 6. The van der Waals surface area contributed by atoms with Crippen LogP contribution in [0.2, 0.25) is 0 Å². The molecule has 8 nitrogen and oxygen atoms in total. The first-order chi connectivity index (χ1) is 4.00. The number of hydrogen-bond donors (Lipinski definition) is 2. The van der Waals surface area contributed by atoms with E-state index in [2.05, 4.69) is 0 Å². The zero-order chi connectivity index (χ0) is 9.00. The molecule has 0 aromatic heterocycles. The van der Waals surface area contributed by atoms with Gasteiger partial charge in [0.15, 0.2) is 0 Å². The van der Waals surface area contributed by atoms with Crippen LogP contribution < -0.4 is 0 Å². The van der Waals surface area contributed by atoms with E-state index in [1.807, 2.05) is 0 Å². The van der Waals surface area contributed by atoms with Crippen LogP contribution in [0.15, 0.2) is 0 Å². The van der Waals surface area contributed by atoms with E-state index >= 15 is 0 Å². The maximum absolute atomic E-state index is 8.74. The van der Waals surface area contributed by atoms with Crippen molar-refractivity contribution < 1.29 is 52.1 Å². The van der Waals surface area contributed by atoms with Crippen molar-refractivity contribution in [1.82, 2.24) is 0 Å². The molecule has 0 heterocycles. The first-order valence-electron chi connectivity index (χ1n) is 1.37. The summed E-state index contributed by atoms with van der Waals surface area (Å²) in [6.07, 6.45) is 0. The minimum absolute atomic E-state index is 0. The first kappa shape index (κ1) is 22.9. The Morgan fingerprint density at radius 2 is 0.917 bits per heavy atom. The molecule has 12 heteroatoms. The van der Waals surface area contributed by atoms with Gasteiger partial charge < -0.3 is 9.11 Å². The maximum Gasteiger partial charge on any atom is 2.00 e. The van der Waals surface area contributed by atoms with Gasteiger partial charge in [0.2, 0.25) is 0 Å². The van der Waals surface area contributed by atoms with Crippen LogP contribution in [-0.2, 0) is 37.9 Å². The Morgan fingerprint density at radius 1 is 0.917 bits per heavy atom. The molecule has 0 aliphatic carbocycles. The Labute approximate surface area is 86.4 Å². The molecule has 0 aromatic rings. The van der Waals surface area contributed by atoms with Crippen LogP contribution in [0.25, 0.3) is 0 Å². The Kier molecular flexibility index (Phi) is 15.7. The Hall–Kier alpha value is 0.609. The Balaban J connectivity index is -0.0000000457. The summed E-state index contributed by atoms with van der Waals surface area (Å²) >= 11 is 0. The van der Waals surface area contributed by atoms with Crippen LogP contribution in [-0.4, -0.2) is 35.0 Å². The zero-order valence-corrected chi connectivity index (χ0v) is 8.85. The molecular weight excluding hydrogens is 279 g/mol. The molecular formula is H4MnO8S3. The largest absolute Gasteiger partial charge is 2.00 e. The monoisotopic (exact) mass is 283 g/mol. The van der Waals surface area contributed by atoms with Gasteiger partial charge in [-0.2, -0.15) is 21.9 Å². The minimum atomic E-state index is -5.17. The Morgan fingerprint density at radius 3 is 0.917 bits per heavy atom. The SMILES string of the molecule is O=S(=O)(O)O.O=S(=O)([O-])[O-].S.[Mn+2]. The smallest absolute Gasteiger partial charge is 0.759 e. The molecule has 0 saturated heterocycles. The molecule has 0 aromatic carbocycles. The van der Waals surface area contributed by atoms with Crippen LogP contribution in [0.5, 0.6) is 0 Å². The molecule has 1 radical (unpaired) electrons. The van der Waals surface area contributed by atoms with Crippen molar-refractivity contribution in [2.45, 2.75) is 0 Å². The second-order valence-electron chi connectivity index (χ2n) is 0.856. The molecule has 0 spiro atoms. The summed E-state index contributed by atoms with van der Waals surface area (Å²) in [5.41, 5.74) is 0. The molecule has 0 amide bonds. The summed E-state index contributed by atoms with van der Waals surface area (Å²) in [7, 11) is -9.83. The molecule has 12 heavy (non-hydrogen) atoms. The second-order valence-corrected chi connectivity index (χ2v) is 2.57. The molecule has 77 valence electrons. The summed E-state index contributed by atoms with van der Waals surface area (Å²) in [6.45, 7) is 0. The van der Waals surface area contributed by atoms with Crippen molar-refractivity contribution in [1.29, 1.82) is 0 Å². The van der Waals surface area contributed by atoms with Gasteiger partial charge in [0.25, 0.3) is 0 Å². The minimum Gasteiger partial charge on any atom is -0.759 e. The van der Waals surface area contributed by atoms with Crippen molar-refractivity contribution in [3.63, 3.8) is 0 Å². The third-order valence-corrected chi connectivity index (χ3v) is 0. The van der Waals surface area contributed by atoms with Gasteiger partial charge in [0.05, 0.1) is 0 Å². The topological polar surface area (TPSA) is 155 Å². The van der Waals surface area contributed by atoms with Crippen molar-refractivity contribution >= 4 is 34.3 Å². The molecule has 0 fully saturated rings. The summed E-state index contributed by atoms with van der Waals surface area (Å²) < 4.78 is 65.7. The molecule has 0 bridgehead atoms. The van der Waals surface area contributed by atoms with Gasteiger partial charge in [0.1, 0.15) is 0 Å². The van der Waals surface area contributed by atoms with E-state index in [0.29, 0.717) is 0 Å². The average molecular weight is 283 g/mol. The molecule has 0 aliphatic rings. The number of rotatable bonds is 0. The normalized spacial score (nSPS) is 9.67. The van der Waals surface area contributed by atoms with Crippen molar-refractivity contribution in [2.24, 2.45) is 0 Å².